The minimum atomic E-state index is -0.113. The number of anilines is 2. The SMILES string of the molecule is CCCCN(CCCC)c1ccc(C2=C(O)C(=C3C=CC(=[N+](C)CCOCCOCCN(C)c4ccccc4)C=C3)C2=O)cc1. The zero-order valence-electron chi connectivity index (χ0n) is 27.5. The highest BCUT2D eigenvalue weighted by atomic mass is 16.5. The lowest BCUT2D eigenvalue weighted by atomic mass is 9.80. The average molecular weight is 613 g/mol. The maximum absolute atomic E-state index is 13.2. The Labute approximate surface area is 269 Å². The van der Waals surface area contributed by atoms with Crippen LogP contribution in [0.5, 0.6) is 0 Å². The number of carbonyl (C=O) groups is 1. The van der Waals surface area contributed by atoms with Crippen molar-refractivity contribution in [2.45, 2.75) is 39.5 Å². The second kappa shape index (κ2) is 17.5. The summed E-state index contributed by atoms with van der Waals surface area (Å²) in [4.78, 5) is 17.7. The number of benzene rings is 2. The Balaban J connectivity index is 1.24. The highest BCUT2D eigenvalue weighted by molar-refractivity contribution is 6.39. The Morgan fingerprint density at radius 3 is 1.96 bits per heavy atom. The van der Waals surface area contributed by atoms with Crippen molar-refractivity contribution >= 4 is 28.4 Å². The van der Waals surface area contributed by atoms with Gasteiger partial charge in [0, 0.05) is 50.2 Å². The molecule has 0 radical (unpaired) electrons. The van der Waals surface area contributed by atoms with Gasteiger partial charge in [-0.15, -0.1) is 0 Å². The van der Waals surface area contributed by atoms with Gasteiger partial charge in [-0.25, -0.2) is 4.58 Å². The molecular formula is C38H50N3O4+. The molecule has 2 aromatic carbocycles. The van der Waals surface area contributed by atoms with Crippen LogP contribution in [-0.2, 0) is 14.3 Å². The molecular weight excluding hydrogens is 562 g/mol. The number of hydrogen-bond donors (Lipinski definition) is 1. The smallest absolute Gasteiger partial charge is 0.201 e. The maximum atomic E-state index is 13.2. The van der Waals surface area contributed by atoms with Gasteiger partial charge in [0.25, 0.3) is 0 Å². The summed E-state index contributed by atoms with van der Waals surface area (Å²) in [6, 6.07) is 18.3. The fourth-order valence-corrected chi connectivity index (χ4v) is 5.39. The summed E-state index contributed by atoms with van der Waals surface area (Å²) in [6.07, 6.45) is 12.4. The van der Waals surface area contributed by atoms with E-state index in [2.05, 4.69) is 59.5 Å². The third-order valence-corrected chi connectivity index (χ3v) is 8.32. The molecule has 2 aliphatic carbocycles. The largest absolute Gasteiger partial charge is 0.506 e. The Kier molecular flexibility index (Phi) is 13.2. The molecule has 0 aromatic heterocycles. The number of likely N-dealkylation sites (N-methyl/N-ethyl adjacent to an activating group) is 2. The van der Waals surface area contributed by atoms with Crippen molar-refractivity contribution in [1.29, 1.82) is 0 Å². The van der Waals surface area contributed by atoms with E-state index in [1.54, 1.807) is 0 Å². The number of ether oxygens (including phenoxy) is 2. The summed E-state index contributed by atoms with van der Waals surface area (Å²) >= 11 is 0. The Bertz CT molecular complexity index is 1390. The zero-order valence-corrected chi connectivity index (χ0v) is 27.5. The van der Waals surface area contributed by atoms with E-state index < -0.39 is 0 Å². The summed E-state index contributed by atoms with van der Waals surface area (Å²) in [6.45, 7) is 10.4. The first-order chi connectivity index (χ1) is 21.9. The van der Waals surface area contributed by atoms with Crippen LogP contribution in [0.15, 0.2) is 95.8 Å². The second-order valence-electron chi connectivity index (χ2n) is 11.6. The standard InChI is InChI=1S/C38H49N3O4/c1-5-7-22-41(23-8-6-2)34-20-16-31(17-21-34)36-37(42)35(38(36)43)30-14-18-33(19-15-30)40(4)25-27-45-29-28-44-26-24-39(3)32-12-10-9-11-13-32/h9-21H,5-8,22-29H2,1-4H3/p+1. The van der Waals surface area contributed by atoms with Crippen molar-refractivity contribution in [2.75, 3.05) is 76.5 Å². The fourth-order valence-electron chi connectivity index (χ4n) is 5.39. The number of para-hydroxylation sites is 1. The first-order valence-corrected chi connectivity index (χ1v) is 16.4. The van der Waals surface area contributed by atoms with E-state index in [1.807, 2.05) is 61.7 Å². The van der Waals surface area contributed by atoms with Crippen LogP contribution in [0.3, 0.4) is 0 Å². The zero-order chi connectivity index (χ0) is 32.0. The van der Waals surface area contributed by atoms with E-state index in [0.717, 1.165) is 74.4 Å². The molecule has 0 aliphatic heterocycles. The van der Waals surface area contributed by atoms with Crippen molar-refractivity contribution in [3.05, 3.63) is 101 Å². The van der Waals surface area contributed by atoms with Gasteiger partial charge in [0.2, 0.25) is 5.78 Å². The molecule has 0 unspecified atom stereocenters. The molecule has 0 atom stereocenters. The number of hydrogen-bond acceptors (Lipinski definition) is 6. The van der Waals surface area contributed by atoms with Crippen LogP contribution >= 0.6 is 0 Å². The Morgan fingerprint density at radius 1 is 0.733 bits per heavy atom. The molecule has 0 amide bonds. The normalized spacial score (nSPS) is 14.3. The van der Waals surface area contributed by atoms with Gasteiger partial charge < -0.3 is 24.4 Å². The molecule has 0 fully saturated rings. The summed E-state index contributed by atoms with van der Waals surface area (Å²) in [5.74, 6) is -0.0393. The van der Waals surface area contributed by atoms with Gasteiger partial charge in [-0.1, -0.05) is 57.0 Å². The molecule has 1 N–H and O–H groups in total. The van der Waals surface area contributed by atoms with E-state index in [-0.39, 0.29) is 11.5 Å². The lowest BCUT2D eigenvalue weighted by Crippen LogP contribution is -2.26. The van der Waals surface area contributed by atoms with E-state index in [9.17, 15) is 9.90 Å². The van der Waals surface area contributed by atoms with E-state index in [1.165, 1.54) is 5.69 Å². The quantitative estimate of drug-likeness (QED) is 0.116. The van der Waals surface area contributed by atoms with Crippen molar-refractivity contribution in [2.24, 2.45) is 0 Å². The minimum absolute atomic E-state index is 0.0741. The van der Waals surface area contributed by atoms with Gasteiger partial charge in [-0.05, 0) is 60.4 Å². The van der Waals surface area contributed by atoms with Crippen LogP contribution in [0.25, 0.3) is 5.57 Å². The predicted molar refractivity (Wildman–Crippen MR) is 186 cm³/mol. The summed E-state index contributed by atoms with van der Waals surface area (Å²) in [7, 11) is 4.08. The number of nitrogens with zero attached hydrogens (tertiary/aromatic N) is 3. The van der Waals surface area contributed by atoms with Crippen molar-refractivity contribution in [3.8, 4) is 0 Å². The van der Waals surface area contributed by atoms with Gasteiger partial charge in [0.15, 0.2) is 12.3 Å². The highest BCUT2D eigenvalue weighted by Gasteiger charge is 2.36. The molecule has 2 aromatic rings. The fraction of sp³-hybridized carbons (Fsp3) is 0.421. The molecule has 0 spiro atoms. The van der Waals surface area contributed by atoms with Gasteiger partial charge in [-0.3, -0.25) is 4.79 Å². The van der Waals surface area contributed by atoms with Crippen LogP contribution < -0.4 is 9.80 Å². The topological polar surface area (TPSA) is 65.2 Å². The van der Waals surface area contributed by atoms with Crippen LogP contribution in [0.2, 0.25) is 0 Å². The Hall–Kier alpha value is -3.94. The number of carbonyl (C=O) groups excluding carboxylic acids is 1. The number of unbranched alkanes of at least 4 members (excludes halogenated alkanes) is 2. The number of aliphatic hydroxyl groups excluding tert-OH is 1. The van der Waals surface area contributed by atoms with Gasteiger partial charge in [0.1, 0.15) is 19.4 Å². The van der Waals surface area contributed by atoms with Crippen molar-refractivity contribution in [3.63, 3.8) is 0 Å². The number of aliphatic hydroxyl groups is 1. The number of allylic oxidation sites excluding steroid dienone is 7. The summed E-state index contributed by atoms with van der Waals surface area (Å²) < 4.78 is 13.6. The first-order valence-electron chi connectivity index (χ1n) is 16.4. The van der Waals surface area contributed by atoms with Crippen molar-refractivity contribution in [1.82, 2.24) is 0 Å². The first kappa shape index (κ1) is 33.9. The maximum Gasteiger partial charge on any atom is 0.201 e. The molecule has 0 bridgehead atoms. The molecule has 4 rings (SSSR count). The van der Waals surface area contributed by atoms with Crippen LogP contribution in [0, 0.1) is 0 Å². The third-order valence-electron chi connectivity index (χ3n) is 8.32. The molecule has 45 heavy (non-hydrogen) atoms. The van der Waals surface area contributed by atoms with Crippen LogP contribution in [0.1, 0.15) is 45.1 Å². The van der Waals surface area contributed by atoms with Crippen LogP contribution in [-0.4, -0.2) is 87.9 Å². The molecule has 0 saturated heterocycles. The summed E-state index contributed by atoms with van der Waals surface area (Å²) in [5, 5.41) is 10.9. The van der Waals surface area contributed by atoms with E-state index >= 15 is 0 Å². The number of Topliss-reactive ketones (excluding diaryl/α,β-unsaturated/α-hetero) is 1. The molecule has 240 valence electrons. The molecule has 7 heteroatoms. The molecule has 0 heterocycles. The lowest BCUT2D eigenvalue weighted by molar-refractivity contribution is -0.499. The van der Waals surface area contributed by atoms with E-state index in [4.69, 9.17) is 9.47 Å². The molecule has 7 nitrogen and oxygen atoms in total. The lowest BCUT2D eigenvalue weighted by Gasteiger charge is -2.26. The third kappa shape index (κ3) is 9.28. The van der Waals surface area contributed by atoms with Crippen molar-refractivity contribution < 1.29 is 24.0 Å². The monoisotopic (exact) mass is 612 g/mol. The van der Waals surface area contributed by atoms with E-state index in [0.29, 0.717) is 37.6 Å². The van der Waals surface area contributed by atoms with Gasteiger partial charge in [-0.2, -0.15) is 0 Å². The minimum Gasteiger partial charge on any atom is -0.506 e. The average Bonchev–Trinajstić information content (AvgIpc) is 3.07. The highest BCUT2D eigenvalue weighted by Crippen LogP contribution is 2.39. The summed E-state index contributed by atoms with van der Waals surface area (Å²) in [5.41, 5.74) is 5.63. The second-order valence-corrected chi connectivity index (χ2v) is 11.6. The van der Waals surface area contributed by atoms with Gasteiger partial charge in [0.05, 0.1) is 31.0 Å². The van der Waals surface area contributed by atoms with Crippen LogP contribution in [0.4, 0.5) is 11.4 Å². The predicted octanol–water partition coefficient (Wildman–Crippen LogP) is 6.62. The van der Waals surface area contributed by atoms with Gasteiger partial charge >= 0.3 is 0 Å². The molecule has 2 aliphatic rings. The Morgan fingerprint density at radius 2 is 1.36 bits per heavy atom. The number of ketones is 1. The number of rotatable bonds is 18. The molecule has 0 saturated carbocycles.